The Kier molecular flexibility index (Phi) is 6.41. The van der Waals surface area contributed by atoms with E-state index in [-0.39, 0.29) is 11.7 Å². The van der Waals surface area contributed by atoms with Gasteiger partial charge < -0.3 is 14.5 Å². The van der Waals surface area contributed by atoms with Gasteiger partial charge in [0.25, 0.3) is 5.22 Å². The van der Waals surface area contributed by atoms with Crippen molar-refractivity contribution in [1.29, 1.82) is 0 Å². The fourth-order valence-electron chi connectivity index (χ4n) is 2.25. The zero-order valence-electron chi connectivity index (χ0n) is 14.5. The van der Waals surface area contributed by atoms with Gasteiger partial charge in [0, 0.05) is 15.6 Å². The van der Waals surface area contributed by atoms with E-state index in [1.54, 1.807) is 12.1 Å². The van der Waals surface area contributed by atoms with Gasteiger partial charge in [0.05, 0.1) is 24.1 Å². The highest BCUT2D eigenvalue weighted by Crippen LogP contribution is 2.32. The topological polar surface area (TPSA) is 77.2 Å². The molecule has 3 aromatic rings. The van der Waals surface area contributed by atoms with E-state index in [0.29, 0.717) is 27.6 Å². The number of aromatic nitrogens is 2. The SMILES string of the molecule is COc1cc(Cl)c(C)cc1NC(=O)CSc1nnc(-c2ccccc2Br)o1. The molecule has 140 valence electrons. The van der Waals surface area contributed by atoms with Gasteiger partial charge in [-0.25, -0.2) is 0 Å². The lowest BCUT2D eigenvalue weighted by molar-refractivity contribution is -0.113. The molecule has 9 heteroatoms. The number of carbonyl (C=O) groups excluding carboxylic acids is 1. The minimum absolute atomic E-state index is 0.114. The van der Waals surface area contributed by atoms with Crippen molar-refractivity contribution < 1.29 is 13.9 Å². The molecule has 0 aliphatic rings. The fraction of sp³-hybridized carbons (Fsp3) is 0.167. The summed E-state index contributed by atoms with van der Waals surface area (Å²) in [7, 11) is 1.52. The maximum Gasteiger partial charge on any atom is 0.277 e. The third-order valence-corrected chi connectivity index (χ3v) is 5.51. The molecular formula is C18H15BrClN3O3S. The van der Waals surface area contributed by atoms with E-state index in [1.165, 1.54) is 7.11 Å². The number of aryl methyl sites for hydroxylation is 1. The molecule has 6 nitrogen and oxygen atoms in total. The summed E-state index contributed by atoms with van der Waals surface area (Å²) in [6.45, 7) is 1.86. The predicted molar refractivity (Wildman–Crippen MR) is 110 cm³/mol. The van der Waals surface area contributed by atoms with Gasteiger partial charge in [-0.2, -0.15) is 0 Å². The molecule has 0 radical (unpaired) electrons. The van der Waals surface area contributed by atoms with Crippen LogP contribution in [0.4, 0.5) is 5.69 Å². The highest BCUT2D eigenvalue weighted by molar-refractivity contribution is 9.10. The number of halogens is 2. The predicted octanol–water partition coefficient (Wildman–Crippen LogP) is 5.20. The number of nitrogens with zero attached hydrogens (tertiary/aromatic N) is 2. The minimum Gasteiger partial charge on any atom is -0.495 e. The van der Waals surface area contributed by atoms with Crippen LogP contribution >= 0.6 is 39.3 Å². The Morgan fingerprint density at radius 1 is 1.33 bits per heavy atom. The molecule has 1 N–H and O–H groups in total. The second-order valence-electron chi connectivity index (χ2n) is 5.49. The van der Waals surface area contributed by atoms with E-state index < -0.39 is 0 Å². The molecule has 0 fully saturated rings. The number of hydrogen-bond acceptors (Lipinski definition) is 6. The number of rotatable bonds is 6. The molecule has 0 spiro atoms. The van der Waals surface area contributed by atoms with E-state index in [4.69, 9.17) is 20.8 Å². The third kappa shape index (κ3) is 4.82. The van der Waals surface area contributed by atoms with E-state index in [9.17, 15) is 4.79 Å². The first-order valence-corrected chi connectivity index (χ1v) is 9.98. The Labute approximate surface area is 173 Å². The number of thioether (sulfide) groups is 1. The van der Waals surface area contributed by atoms with Gasteiger partial charge in [0.15, 0.2) is 0 Å². The standard InChI is InChI=1S/C18H15BrClN3O3S/c1-10-7-14(15(25-2)8-13(10)20)21-16(24)9-27-18-23-22-17(26-18)11-5-3-4-6-12(11)19/h3-8H,9H2,1-2H3,(H,21,24). The van der Waals surface area contributed by atoms with Crippen LogP contribution in [0.5, 0.6) is 5.75 Å². The van der Waals surface area contributed by atoms with E-state index >= 15 is 0 Å². The van der Waals surface area contributed by atoms with Crippen LogP contribution < -0.4 is 10.1 Å². The summed E-state index contributed by atoms with van der Waals surface area (Å²) < 4.78 is 11.7. The number of methoxy groups -OCH3 is 1. The van der Waals surface area contributed by atoms with Crippen molar-refractivity contribution >= 4 is 50.9 Å². The molecule has 1 heterocycles. The number of anilines is 1. The van der Waals surface area contributed by atoms with Crippen LogP contribution in [0.1, 0.15) is 5.56 Å². The second-order valence-corrected chi connectivity index (χ2v) is 7.68. The molecule has 0 bridgehead atoms. The quantitative estimate of drug-likeness (QED) is 0.501. The van der Waals surface area contributed by atoms with E-state index in [1.807, 2.05) is 31.2 Å². The molecular weight excluding hydrogens is 454 g/mol. The van der Waals surface area contributed by atoms with Crippen molar-refractivity contribution in [3.63, 3.8) is 0 Å². The second kappa shape index (κ2) is 8.77. The highest BCUT2D eigenvalue weighted by atomic mass is 79.9. The van der Waals surface area contributed by atoms with Gasteiger partial charge >= 0.3 is 0 Å². The Balaban J connectivity index is 1.64. The molecule has 1 aromatic heterocycles. The van der Waals surface area contributed by atoms with Crippen molar-refractivity contribution in [3.05, 3.63) is 51.5 Å². The first-order chi connectivity index (χ1) is 13.0. The summed E-state index contributed by atoms with van der Waals surface area (Å²) in [5, 5.41) is 11.7. The van der Waals surface area contributed by atoms with Crippen LogP contribution in [0.15, 0.2) is 50.5 Å². The third-order valence-electron chi connectivity index (χ3n) is 3.59. The Morgan fingerprint density at radius 3 is 2.85 bits per heavy atom. The van der Waals surface area contributed by atoms with Gasteiger partial charge in [-0.15, -0.1) is 10.2 Å². The van der Waals surface area contributed by atoms with Crippen molar-refractivity contribution in [2.45, 2.75) is 12.1 Å². The number of hydrogen-bond donors (Lipinski definition) is 1. The summed E-state index contributed by atoms with van der Waals surface area (Å²) in [6, 6.07) is 11.0. The van der Waals surface area contributed by atoms with Gasteiger partial charge in [0.2, 0.25) is 11.8 Å². The number of benzene rings is 2. The average molecular weight is 469 g/mol. The summed E-state index contributed by atoms with van der Waals surface area (Å²) in [5.41, 5.74) is 2.20. The molecule has 0 saturated heterocycles. The van der Waals surface area contributed by atoms with E-state index in [2.05, 4.69) is 31.4 Å². The van der Waals surface area contributed by atoms with Gasteiger partial charge in [-0.1, -0.05) is 35.5 Å². The van der Waals surface area contributed by atoms with Crippen molar-refractivity contribution in [2.75, 3.05) is 18.2 Å². The largest absolute Gasteiger partial charge is 0.495 e. The molecule has 0 atom stereocenters. The van der Waals surface area contributed by atoms with Gasteiger partial charge in [-0.05, 0) is 46.6 Å². The fourth-order valence-corrected chi connectivity index (χ4v) is 3.43. The maximum absolute atomic E-state index is 12.3. The van der Waals surface area contributed by atoms with E-state index in [0.717, 1.165) is 27.4 Å². The lowest BCUT2D eigenvalue weighted by Crippen LogP contribution is -2.15. The van der Waals surface area contributed by atoms with Crippen molar-refractivity contribution in [2.24, 2.45) is 0 Å². The summed E-state index contributed by atoms with van der Waals surface area (Å²) in [4.78, 5) is 12.3. The minimum atomic E-state index is -0.222. The van der Waals surface area contributed by atoms with Crippen LogP contribution in [-0.4, -0.2) is 29.0 Å². The lowest BCUT2D eigenvalue weighted by atomic mass is 10.2. The Bertz CT molecular complexity index is 980. The zero-order valence-corrected chi connectivity index (χ0v) is 17.6. The molecule has 2 aromatic carbocycles. The van der Waals surface area contributed by atoms with Gasteiger partial charge in [0.1, 0.15) is 5.75 Å². The number of ether oxygens (including phenoxy) is 1. The first kappa shape index (κ1) is 19.7. The number of amides is 1. The summed E-state index contributed by atoms with van der Waals surface area (Å²) >= 11 is 10.7. The lowest BCUT2D eigenvalue weighted by Gasteiger charge is -2.11. The Morgan fingerprint density at radius 2 is 2.11 bits per heavy atom. The normalized spacial score (nSPS) is 10.7. The first-order valence-electron chi connectivity index (χ1n) is 7.83. The number of carbonyl (C=O) groups is 1. The molecule has 0 unspecified atom stereocenters. The molecule has 0 saturated carbocycles. The van der Waals surface area contributed by atoms with Crippen LogP contribution in [0.25, 0.3) is 11.5 Å². The summed E-state index contributed by atoms with van der Waals surface area (Å²) in [5.74, 6) is 0.779. The monoisotopic (exact) mass is 467 g/mol. The van der Waals surface area contributed by atoms with Crippen molar-refractivity contribution in [3.8, 4) is 17.2 Å². The van der Waals surface area contributed by atoms with Crippen LogP contribution in [-0.2, 0) is 4.79 Å². The molecule has 0 aliphatic carbocycles. The number of nitrogens with one attached hydrogen (secondary N) is 1. The van der Waals surface area contributed by atoms with Crippen LogP contribution in [0.3, 0.4) is 0 Å². The summed E-state index contributed by atoms with van der Waals surface area (Å²) in [6.07, 6.45) is 0. The highest BCUT2D eigenvalue weighted by Gasteiger charge is 2.15. The van der Waals surface area contributed by atoms with Crippen LogP contribution in [0.2, 0.25) is 5.02 Å². The Hall–Kier alpha value is -2.03. The van der Waals surface area contributed by atoms with Crippen molar-refractivity contribution in [1.82, 2.24) is 10.2 Å². The maximum atomic E-state index is 12.3. The average Bonchev–Trinajstić information content (AvgIpc) is 3.12. The molecule has 1 amide bonds. The zero-order chi connectivity index (χ0) is 19.4. The smallest absolute Gasteiger partial charge is 0.277 e. The van der Waals surface area contributed by atoms with Crippen LogP contribution in [0, 0.1) is 6.92 Å². The molecule has 3 rings (SSSR count). The molecule has 0 aliphatic heterocycles. The van der Waals surface area contributed by atoms with Gasteiger partial charge in [-0.3, -0.25) is 4.79 Å². The molecule has 27 heavy (non-hydrogen) atoms.